The fourth-order valence-electron chi connectivity index (χ4n) is 3.26. The van der Waals surface area contributed by atoms with Gasteiger partial charge in [0.05, 0.1) is 13.0 Å². The van der Waals surface area contributed by atoms with Gasteiger partial charge in [-0.3, -0.25) is 9.69 Å². The Morgan fingerprint density at radius 3 is 2.39 bits per heavy atom. The molecule has 0 bridgehead atoms. The Kier molecular flexibility index (Phi) is 5.55. The minimum atomic E-state index is -0.526. The second kappa shape index (κ2) is 7.07. The van der Waals surface area contributed by atoms with E-state index in [4.69, 9.17) is 9.47 Å². The molecule has 1 heterocycles. The van der Waals surface area contributed by atoms with E-state index in [-0.39, 0.29) is 17.9 Å². The molecule has 2 fully saturated rings. The van der Waals surface area contributed by atoms with E-state index in [0.717, 1.165) is 6.54 Å². The zero-order chi connectivity index (χ0) is 17.2. The summed E-state index contributed by atoms with van der Waals surface area (Å²) in [4.78, 5) is 26.3. The predicted molar refractivity (Wildman–Crippen MR) is 87.0 cm³/mol. The molecule has 6 heteroatoms. The quantitative estimate of drug-likeness (QED) is 0.802. The molecule has 3 atom stereocenters. The second-order valence-electron chi connectivity index (χ2n) is 7.83. The first-order chi connectivity index (χ1) is 10.7. The van der Waals surface area contributed by atoms with Crippen molar-refractivity contribution in [3.8, 4) is 0 Å². The van der Waals surface area contributed by atoms with Gasteiger partial charge in [0.1, 0.15) is 5.60 Å². The van der Waals surface area contributed by atoms with Gasteiger partial charge in [0.25, 0.3) is 0 Å². The lowest BCUT2D eigenvalue weighted by molar-refractivity contribution is -0.148. The van der Waals surface area contributed by atoms with E-state index in [0.29, 0.717) is 24.9 Å². The van der Waals surface area contributed by atoms with E-state index in [1.165, 1.54) is 20.0 Å². The molecular weight excluding hydrogens is 296 g/mol. The van der Waals surface area contributed by atoms with Crippen LogP contribution in [-0.2, 0) is 14.3 Å². The number of likely N-dealkylation sites (tertiary alicyclic amines) is 1. The van der Waals surface area contributed by atoms with Crippen LogP contribution in [0, 0.1) is 11.8 Å². The molecular formula is C17H30N2O4. The maximum absolute atomic E-state index is 12.0. The highest BCUT2D eigenvalue weighted by molar-refractivity contribution is 5.73. The molecule has 1 amide bonds. The maximum atomic E-state index is 12.0. The van der Waals surface area contributed by atoms with Crippen molar-refractivity contribution in [1.29, 1.82) is 0 Å². The molecule has 1 saturated heterocycles. The van der Waals surface area contributed by atoms with Crippen molar-refractivity contribution in [2.75, 3.05) is 20.2 Å². The second-order valence-corrected chi connectivity index (χ2v) is 7.83. The van der Waals surface area contributed by atoms with Crippen LogP contribution in [0.4, 0.5) is 4.79 Å². The Hall–Kier alpha value is -1.30. The average Bonchev–Trinajstić information content (AvgIpc) is 3.27. The highest BCUT2D eigenvalue weighted by Gasteiger charge is 2.39. The molecule has 0 aromatic carbocycles. The minimum Gasteiger partial charge on any atom is -0.469 e. The summed E-state index contributed by atoms with van der Waals surface area (Å²) >= 11 is 0. The van der Waals surface area contributed by atoms with Crippen LogP contribution in [0.25, 0.3) is 0 Å². The van der Waals surface area contributed by atoms with Crippen molar-refractivity contribution in [3.63, 3.8) is 0 Å². The number of ether oxygens (including phenoxy) is 2. The summed E-state index contributed by atoms with van der Waals surface area (Å²) in [5.41, 5.74) is -0.526. The summed E-state index contributed by atoms with van der Waals surface area (Å²) < 4.78 is 10.3. The van der Waals surface area contributed by atoms with Crippen LogP contribution in [-0.4, -0.2) is 54.8 Å². The SMILES string of the molecule is COC(=O)C1CC(NC(=O)OC(C)(C)C)CN(C(C)C2CC2)C1. The summed E-state index contributed by atoms with van der Waals surface area (Å²) in [6.07, 6.45) is 2.68. The number of nitrogens with zero attached hydrogens (tertiary/aromatic N) is 1. The number of nitrogens with one attached hydrogen (secondary N) is 1. The topological polar surface area (TPSA) is 67.9 Å². The van der Waals surface area contributed by atoms with Crippen LogP contribution >= 0.6 is 0 Å². The lowest BCUT2D eigenvalue weighted by Gasteiger charge is -2.40. The summed E-state index contributed by atoms with van der Waals surface area (Å²) in [6.45, 7) is 9.19. The maximum Gasteiger partial charge on any atom is 0.407 e. The van der Waals surface area contributed by atoms with Gasteiger partial charge in [-0.25, -0.2) is 4.79 Å². The minimum absolute atomic E-state index is 0.0936. The molecule has 23 heavy (non-hydrogen) atoms. The molecule has 1 saturated carbocycles. The average molecular weight is 326 g/mol. The van der Waals surface area contributed by atoms with Crippen LogP contribution < -0.4 is 5.32 Å². The van der Waals surface area contributed by atoms with E-state index in [1.54, 1.807) is 0 Å². The zero-order valence-electron chi connectivity index (χ0n) is 14.9. The molecule has 1 aliphatic heterocycles. The first-order valence-electron chi connectivity index (χ1n) is 8.51. The third-order valence-electron chi connectivity index (χ3n) is 4.61. The van der Waals surface area contributed by atoms with Gasteiger partial charge in [-0.05, 0) is 52.9 Å². The molecule has 0 aromatic heterocycles. The molecule has 132 valence electrons. The van der Waals surface area contributed by atoms with Gasteiger partial charge >= 0.3 is 12.1 Å². The third kappa shape index (κ3) is 5.37. The van der Waals surface area contributed by atoms with Crippen LogP contribution in [0.15, 0.2) is 0 Å². The van der Waals surface area contributed by atoms with Crippen LogP contribution in [0.3, 0.4) is 0 Å². The summed E-state index contributed by atoms with van der Waals surface area (Å²) in [7, 11) is 1.42. The Morgan fingerprint density at radius 2 is 1.87 bits per heavy atom. The molecule has 6 nitrogen and oxygen atoms in total. The Bertz CT molecular complexity index is 442. The molecule has 2 aliphatic rings. The number of hydrogen-bond donors (Lipinski definition) is 1. The van der Waals surface area contributed by atoms with Gasteiger partial charge in [0.15, 0.2) is 0 Å². The van der Waals surface area contributed by atoms with Crippen molar-refractivity contribution in [2.24, 2.45) is 11.8 Å². The number of carbonyl (C=O) groups is 2. The Morgan fingerprint density at radius 1 is 1.22 bits per heavy atom. The summed E-state index contributed by atoms with van der Waals surface area (Å²) in [5.74, 6) is 0.317. The van der Waals surface area contributed by atoms with Crippen LogP contribution in [0.2, 0.25) is 0 Å². The zero-order valence-corrected chi connectivity index (χ0v) is 14.9. The van der Waals surface area contributed by atoms with Gasteiger partial charge in [0, 0.05) is 25.2 Å². The number of esters is 1. The van der Waals surface area contributed by atoms with Gasteiger partial charge < -0.3 is 14.8 Å². The normalized spacial score (nSPS) is 27.2. The number of methoxy groups -OCH3 is 1. The molecule has 3 unspecified atom stereocenters. The van der Waals surface area contributed by atoms with E-state index < -0.39 is 11.7 Å². The highest BCUT2D eigenvalue weighted by atomic mass is 16.6. The number of hydrogen-bond acceptors (Lipinski definition) is 5. The van der Waals surface area contributed by atoms with Crippen molar-refractivity contribution >= 4 is 12.1 Å². The molecule has 0 aromatic rings. The number of alkyl carbamates (subject to hydrolysis) is 1. The lowest BCUT2D eigenvalue weighted by Crippen LogP contribution is -2.55. The van der Waals surface area contributed by atoms with Crippen molar-refractivity contribution in [3.05, 3.63) is 0 Å². The first-order valence-corrected chi connectivity index (χ1v) is 8.51. The molecule has 1 aliphatic carbocycles. The van der Waals surface area contributed by atoms with E-state index in [2.05, 4.69) is 17.1 Å². The van der Waals surface area contributed by atoms with Crippen molar-refractivity contribution < 1.29 is 19.1 Å². The van der Waals surface area contributed by atoms with E-state index in [1.807, 2.05) is 20.8 Å². The number of carbonyl (C=O) groups excluding carboxylic acids is 2. The molecule has 2 rings (SSSR count). The first kappa shape index (κ1) is 18.0. The highest BCUT2D eigenvalue weighted by Crippen LogP contribution is 2.36. The summed E-state index contributed by atoms with van der Waals surface area (Å²) in [6, 6.07) is 0.342. The smallest absolute Gasteiger partial charge is 0.407 e. The van der Waals surface area contributed by atoms with E-state index >= 15 is 0 Å². The number of piperidine rings is 1. The van der Waals surface area contributed by atoms with Crippen molar-refractivity contribution in [2.45, 2.75) is 64.6 Å². The summed E-state index contributed by atoms with van der Waals surface area (Å²) in [5, 5.41) is 2.92. The fourth-order valence-corrected chi connectivity index (χ4v) is 3.26. The lowest BCUT2D eigenvalue weighted by atomic mass is 9.92. The van der Waals surface area contributed by atoms with Gasteiger partial charge in [0.2, 0.25) is 0 Å². The van der Waals surface area contributed by atoms with Gasteiger partial charge in [-0.1, -0.05) is 0 Å². The van der Waals surface area contributed by atoms with Gasteiger partial charge in [-0.2, -0.15) is 0 Å². The Labute approximate surface area is 138 Å². The predicted octanol–water partition coefficient (Wildman–Crippen LogP) is 2.17. The van der Waals surface area contributed by atoms with Gasteiger partial charge in [-0.15, -0.1) is 0 Å². The number of rotatable bonds is 4. The molecule has 1 N–H and O–H groups in total. The van der Waals surface area contributed by atoms with Crippen LogP contribution in [0.1, 0.15) is 47.0 Å². The molecule has 0 spiro atoms. The monoisotopic (exact) mass is 326 g/mol. The Balaban J connectivity index is 1.99. The third-order valence-corrected chi connectivity index (χ3v) is 4.61. The standard InChI is InChI=1S/C17H30N2O4/c1-11(12-6-7-12)19-9-13(15(20)22-5)8-14(10-19)18-16(21)23-17(2,3)4/h11-14H,6-10H2,1-5H3,(H,18,21). The number of amides is 1. The fraction of sp³-hybridized carbons (Fsp3) is 0.882. The molecule has 0 radical (unpaired) electrons. The van der Waals surface area contributed by atoms with Crippen molar-refractivity contribution in [1.82, 2.24) is 10.2 Å². The van der Waals surface area contributed by atoms with Crippen LogP contribution in [0.5, 0.6) is 0 Å². The van der Waals surface area contributed by atoms with E-state index in [9.17, 15) is 9.59 Å². The largest absolute Gasteiger partial charge is 0.469 e.